The van der Waals surface area contributed by atoms with Crippen molar-refractivity contribution in [2.75, 3.05) is 18.0 Å². The van der Waals surface area contributed by atoms with Crippen molar-refractivity contribution >= 4 is 5.69 Å². The molecule has 4 nitrogen and oxygen atoms in total. The molecular formula is C14H23N3O. The summed E-state index contributed by atoms with van der Waals surface area (Å²) in [4.78, 5) is 6.85. The summed E-state index contributed by atoms with van der Waals surface area (Å²) in [6.07, 6.45) is 3.83. The second-order valence-electron chi connectivity index (χ2n) is 5.30. The molecule has 18 heavy (non-hydrogen) atoms. The second-order valence-corrected chi connectivity index (χ2v) is 5.30. The van der Waals surface area contributed by atoms with Gasteiger partial charge in [-0.2, -0.15) is 4.73 Å². The maximum atomic E-state index is 9.97. The number of aromatic nitrogens is 1. The van der Waals surface area contributed by atoms with Crippen LogP contribution in [0.2, 0.25) is 0 Å². The molecule has 1 aliphatic heterocycles. The molecule has 0 atom stereocenters. The molecular weight excluding hydrogens is 226 g/mol. The third-order valence-corrected chi connectivity index (χ3v) is 3.30. The Morgan fingerprint density at radius 1 is 1.17 bits per heavy atom. The first-order valence-electron chi connectivity index (χ1n) is 6.79. The largest absolute Gasteiger partial charge is 0.427 e. The Labute approximate surface area is 109 Å². The van der Waals surface area contributed by atoms with Crippen LogP contribution in [-0.4, -0.2) is 29.1 Å². The summed E-state index contributed by atoms with van der Waals surface area (Å²) in [7, 11) is 0. The molecule has 0 saturated carbocycles. The summed E-state index contributed by atoms with van der Waals surface area (Å²) in [6, 6.07) is 4.20. The smallest absolute Gasteiger partial charge is 0.165 e. The number of anilines is 1. The highest BCUT2D eigenvalue weighted by Gasteiger charge is 2.12. The predicted molar refractivity (Wildman–Crippen MR) is 73.1 cm³/mol. The van der Waals surface area contributed by atoms with Crippen LogP contribution in [-0.2, 0) is 0 Å². The molecule has 2 heterocycles. The Morgan fingerprint density at radius 3 is 2.44 bits per heavy atom. The van der Waals surface area contributed by atoms with Gasteiger partial charge in [-0.15, -0.1) is 0 Å². The van der Waals surface area contributed by atoms with E-state index in [0.29, 0.717) is 5.49 Å². The lowest BCUT2D eigenvalue weighted by Gasteiger charge is -2.29. The van der Waals surface area contributed by atoms with Crippen LogP contribution < -0.4 is 10.4 Å². The molecule has 0 aliphatic carbocycles. The van der Waals surface area contributed by atoms with Crippen molar-refractivity contribution in [2.24, 2.45) is 4.99 Å². The van der Waals surface area contributed by atoms with Crippen molar-refractivity contribution in [3.8, 4) is 0 Å². The molecule has 0 amide bonds. The molecule has 100 valence electrons. The van der Waals surface area contributed by atoms with E-state index in [1.54, 1.807) is 0 Å². The number of rotatable bonds is 2. The van der Waals surface area contributed by atoms with Crippen LogP contribution >= 0.6 is 0 Å². The van der Waals surface area contributed by atoms with Crippen molar-refractivity contribution in [1.29, 1.82) is 0 Å². The minimum atomic E-state index is 0.180. The minimum Gasteiger partial charge on any atom is -0.427 e. The van der Waals surface area contributed by atoms with Gasteiger partial charge in [-0.05, 0) is 46.1 Å². The average molecular weight is 249 g/mol. The molecule has 0 spiro atoms. The van der Waals surface area contributed by atoms with Gasteiger partial charge in [0.25, 0.3) is 0 Å². The molecule has 0 radical (unpaired) electrons. The van der Waals surface area contributed by atoms with Crippen LogP contribution in [0.1, 0.15) is 38.8 Å². The van der Waals surface area contributed by atoms with Crippen molar-refractivity contribution in [2.45, 2.75) is 46.1 Å². The lowest BCUT2D eigenvalue weighted by atomic mass is 10.1. The second kappa shape index (κ2) is 5.46. The summed E-state index contributed by atoms with van der Waals surface area (Å²) < 4.78 is 1.17. The van der Waals surface area contributed by atoms with Crippen LogP contribution in [0.25, 0.3) is 0 Å². The van der Waals surface area contributed by atoms with Gasteiger partial charge in [0.1, 0.15) is 0 Å². The topological polar surface area (TPSA) is 40.8 Å². The highest BCUT2D eigenvalue weighted by molar-refractivity contribution is 5.46. The first-order valence-corrected chi connectivity index (χ1v) is 6.79. The highest BCUT2D eigenvalue weighted by Crippen LogP contribution is 2.18. The third-order valence-electron chi connectivity index (χ3n) is 3.30. The number of hydrogen-bond acceptors (Lipinski definition) is 3. The highest BCUT2D eigenvalue weighted by atomic mass is 16.5. The standard InChI is InChI=1S/C14H23N3O/c1-11(2)15-14-10-13(9-12(3)17(14)18)16-7-5-4-6-8-16/h9-11,18H,4-8H2,1-3H3. The number of hydrogen-bond donors (Lipinski definition) is 1. The van der Waals surface area contributed by atoms with Crippen molar-refractivity contribution in [3.05, 3.63) is 23.3 Å². The normalized spacial score (nSPS) is 17.6. The van der Waals surface area contributed by atoms with Crippen molar-refractivity contribution in [1.82, 2.24) is 4.73 Å². The van der Waals surface area contributed by atoms with Gasteiger partial charge in [-0.25, -0.2) is 0 Å². The van der Waals surface area contributed by atoms with Crippen molar-refractivity contribution in [3.63, 3.8) is 0 Å². The first kappa shape index (κ1) is 13.0. The fourth-order valence-corrected chi connectivity index (χ4v) is 2.38. The average Bonchev–Trinajstić information content (AvgIpc) is 2.35. The summed E-state index contributed by atoms with van der Waals surface area (Å²) >= 11 is 0. The van der Waals surface area contributed by atoms with Crippen LogP contribution in [0.3, 0.4) is 0 Å². The first-order chi connectivity index (χ1) is 8.58. The van der Waals surface area contributed by atoms with Gasteiger partial charge in [0, 0.05) is 30.9 Å². The van der Waals surface area contributed by atoms with Gasteiger partial charge in [0.2, 0.25) is 0 Å². The Morgan fingerprint density at radius 2 is 1.83 bits per heavy atom. The van der Waals surface area contributed by atoms with E-state index in [1.807, 2.05) is 32.9 Å². The number of nitrogens with zero attached hydrogens (tertiary/aromatic N) is 3. The Bertz CT molecular complexity index is 470. The maximum Gasteiger partial charge on any atom is 0.165 e. The van der Waals surface area contributed by atoms with E-state index in [0.717, 1.165) is 18.8 Å². The Kier molecular flexibility index (Phi) is 3.94. The number of piperidine rings is 1. The van der Waals surface area contributed by atoms with Gasteiger partial charge in [0.05, 0.1) is 5.69 Å². The zero-order valence-corrected chi connectivity index (χ0v) is 11.6. The quantitative estimate of drug-likeness (QED) is 0.817. The van der Waals surface area contributed by atoms with E-state index in [2.05, 4.69) is 9.89 Å². The molecule has 0 unspecified atom stereocenters. The van der Waals surface area contributed by atoms with Crippen molar-refractivity contribution < 1.29 is 5.21 Å². The lowest BCUT2D eigenvalue weighted by Crippen LogP contribution is -2.32. The third kappa shape index (κ3) is 2.86. The van der Waals surface area contributed by atoms with E-state index in [1.165, 1.54) is 29.7 Å². The van der Waals surface area contributed by atoms with Gasteiger partial charge in [-0.3, -0.25) is 4.99 Å². The van der Waals surface area contributed by atoms with E-state index in [9.17, 15) is 5.21 Å². The van der Waals surface area contributed by atoms with E-state index in [4.69, 9.17) is 0 Å². The molecule has 0 aromatic carbocycles. The fourth-order valence-electron chi connectivity index (χ4n) is 2.38. The molecule has 1 aromatic rings. The summed E-state index contributed by atoms with van der Waals surface area (Å²) in [5, 5.41) is 9.97. The van der Waals surface area contributed by atoms with Gasteiger partial charge in [-0.1, -0.05) is 0 Å². The monoisotopic (exact) mass is 249 g/mol. The van der Waals surface area contributed by atoms with Crippen LogP contribution in [0.4, 0.5) is 5.69 Å². The Balaban J connectivity index is 2.40. The fraction of sp³-hybridized carbons (Fsp3) is 0.643. The maximum absolute atomic E-state index is 9.97. The molecule has 4 heteroatoms. The molecule has 2 rings (SSSR count). The van der Waals surface area contributed by atoms with Crippen LogP contribution in [0, 0.1) is 6.92 Å². The Hall–Kier alpha value is -1.45. The molecule has 0 bridgehead atoms. The molecule has 1 fully saturated rings. The lowest BCUT2D eigenvalue weighted by molar-refractivity contribution is 0.164. The SMILES string of the molecule is Cc1cc(N2CCCCC2)cc(=NC(C)C)n1O. The molecule has 1 saturated heterocycles. The summed E-state index contributed by atoms with van der Waals surface area (Å²) in [5.74, 6) is 0. The van der Waals surface area contributed by atoms with Gasteiger partial charge < -0.3 is 10.1 Å². The zero-order chi connectivity index (χ0) is 13.1. The molecule has 1 aliphatic rings. The summed E-state index contributed by atoms with van der Waals surface area (Å²) in [5.41, 5.74) is 2.65. The summed E-state index contributed by atoms with van der Waals surface area (Å²) in [6.45, 7) is 8.16. The van der Waals surface area contributed by atoms with Gasteiger partial charge in [0.15, 0.2) is 5.49 Å². The zero-order valence-electron chi connectivity index (χ0n) is 11.6. The number of aryl methyl sites for hydroxylation is 1. The van der Waals surface area contributed by atoms with E-state index < -0.39 is 0 Å². The molecule has 1 N–H and O–H groups in total. The molecule has 1 aromatic heterocycles. The predicted octanol–water partition coefficient (Wildman–Crippen LogP) is 2.33. The number of pyridine rings is 1. The van der Waals surface area contributed by atoms with E-state index >= 15 is 0 Å². The van der Waals surface area contributed by atoms with Crippen LogP contribution in [0.5, 0.6) is 0 Å². The van der Waals surface area contributed by atoms with E-state index in [-0.39, 0.29) is 6.04 Å². The van der Waals surface area contributed by atoms with Crippen LogP contribution in [0.15, 0.2) is 17.1 Å². The minimum absolute atomic E-state index is 0.180. The van der Waals surface area contributed by atoms with Gasteiger partial charge >= 0.3 is 0 Å².